The zero-order valence-electron chi connectivity index (χ0n) is 7.79. The Morgan fingerprint density at radius 3 is 2.17 bits per heavy atom. The van der Waals surface area contributed by atoms with Crippen molar-refractivity contribution in [1.82, 2.24) is 0 Å². The molecular formula is C8H14O3S. The molecule has 0 saturated carbocycles. The highest BCUT2D eigenvalue weighted by atomic mass is 32.2. The maximum atomic E-state index is 11.0. The quantitative estimate of drug-likeness (QED) is 0.632. The van der Waals surface area contributed by atoms with Gasteiger partial charge in [0.25, 0.3) is 0 Å². The molecule has 0 bridgehead atoms. The lowest BCUT2D eigenvalue weighted by Crippen LogP contribution is -2.22. The summed E-state index contributed by atoms with van der Waals surface area (Å²) >= 11 is 1.17. The van der Waals surface area contributed by atoms with Crippen molar-refractivity contribution in [1.29, 1.82) is 0 Å². The van der Waals surface area contributed by atoms with Crippen LogP contribution in [0.5, 0.6) is 0 Å². The van der Waals surface area contributed by atoms with E-state index in [2.05, 4.69) is 4.74 Å². The van der Waals surface area contributed by atoms with Crippen molar-refractivity contribution in [3.63, 3.8) is 0 Å². The van der Waals surface area contributed by atoms with Crippen molar-refractivity contribution in [3.8, 4) is 0 Å². The van der Waals surface area contributed by atoms with Crippen LogP contribution in [0.3, 0.4) is 0 Å². The molecule has 0 aliphatic carbocycles. The second-order valence-electron chi connectivity index (χ2n) is 2.63. The number of thioether (sulfide) groups is 1. The summed E-state index contributed by atoms with van der Waals surface area (Å²) in [4.78, 5) is 21.7. The lowest BCUT2D eigenvalue weighted by molar-refractivity contribution is -0.144. The highest BCUT2D eigenvalue weighted by Crippen LogP contribution is 2.20. The van der Waals surface area contributed by atoms with Gasteiger partial charge in [-0.2, -0.15) is 0 Å². The molecule has 0 N–H and O–H groups in total. The van der Waals surface area contributed by atoms with Crippen molar-refractivity contribution in [2.45, 2.75) is 26.0 Å². The molecule has 3 nitrogen and oxygen atoms in total. The summed E-state index contributed by atoms with van der Waals surface area (Å²) in [6.45, 7) is 5.09. The number of ether oxygens (including phenoxy) is 1. The van der Waals surface area contributed by atoms with Gasteiger partial charge < -0.3 is 4.74 Å². The SMILES string of the molecule is COC(=O)C(C)C(C)SC(C)=O. The molecule has 0 aliphatic heterocycles. The van der Waals surface area contributed by atoms with E-state index in [0.717, 1.165) is 0 Å². The molecule has 0 spiro atoms. The molecule has 12 heavy (non-hydrogen) atoms. The topological polar surface area (TPSA) is 43.4 Å². The normalized spacial score (nSPS) is 15.0. The van der Waals surface area contributed by atoms with Crippen LogP contribution in [0.1, 0.15) is 20.8 Å². The van der Waals surface area contributed by atoms with E-state index < -0.39 is 0 Å². The van der Waals surface area contributed by atoms with Crippen LogP contribution in [0, 0.1) is 5.92 Å². The van der Waals surface area contributed by atoms with Crippen LogP contribution < -0.4 is 0 Å². The largest absolute Gasteiger partial charge is 0.469 e. The summed E-state index contributed by atoms with van der Waals surface area (Å²) in [5.74, 6) is -0.500. The first kappa shape index (κ1) is 11.5. The zero-order chi connectivity index (χ0) is 9.72. The molecule has 0 fully saturated rings. The van der Waals surface area contributed by atoms with E-state index in [4.69, 9.17) is 0 Å². The number of methoxy groups -OCH3 is 1. The van der Waals surface area contributed by atoms with Crippen molar-refractivity contribution in [2.24, 2.45) is 5.92 Å². The van der Waals surface area contributed by atoms with Gasteiger partial charge in [0.1, 0.15) is 0 Å². The van der Waals surface area contributed by atoms with Crippen molar-refractivity contribution in [3.05, 3.63) is 0 Å². The van der Waals surface area contributed by atoms with E-state index in [9.17, 15) is 9.59 Å². The third-order valence-electron chi connectivity index (χ3n) is 1.63. The minimum absolute atomic E-state index is 0.0186. The van der Waals surface area contributed by atoms with Crippen LogP contribution in [0.4, 0.5) is 0 Å². The Morgan fingerprint density at radius 2 is 1.83 bits per heavy atom. The summed E-state index contributed by atoms with van der Waals surface area (Å²) in [6.07, 6.45) is 0. The third kappa shape index (κ3) is 3.76. The predicted molar refractivity (Wildman–Crippen MR) is 48.9 cm³/mol. The third-order valence-corrected chi connectivity index (χ3v) is 2.74. The van der Waals surface area contributed by atoms with Gasteiger partial charge in [0.15, 0.2) is 5.12 Å². The Labute approximate surface area is 76.9 Å². The van der Waals surface area contributed by atoms with Gasteiger partial charge in [0, 0.05) is 12.2 Å². The lowest BCUT2D eigenvalue weighted by atomic mass is 10.1. The standard InChI is InChI=1S/C8H14O3S/c1-5(8(10)11-4)6(2)12-7(3)9/h5-6H,1-4H3. The maximum absolute atomic E-state index is 11.0. The Balaban J connectivity index is 4.00. The van der Waals surface area contributed by atoms with Crippen LogP contribution in [-0.4, -0.2) is 23.4 Å². The molecule has 0 saturated heterocycles. The predicted octanol–water partition coefficient (Wildman–Crippen LogP) is 1.46. The van der Waals surface area contributed by atoms with Crippen LogP contribution in [-0.2, 0) is 14.3 Å². The van der Waals surface area contributed by atoms with E-state index in [1.54, 1.807) is 6.92 Å². The van der Waals surface area contributed by atoms with Crippen molar-refractivity contribution < 1.29 is 14.3 Å². The number of hydrogen-bond donors (Lipinski definition) is 0. The number of esters is 1. The van der Waals surface area contributed by atoms with Crippen molar-refractivity contribution in [2.75, 3.05) is 7.11 Å². The van der Waals surface area contributed by atoms with Gasteiger partial charge in [0.2, 0.25) is 0 Å². The highest BCUT2D eigenvalue weighted by molar-refractivity contribution is 8.14. The molecule has 70 valence electrons. The fraction of sp³-hybridized carbons (Fsp3) is 0.750. The van der Waals surface area contributed by atoms with E-state index in [-0.39, 0.29) is 22.3 Å². The van der Waals surface area contributed by atoms with E-state index in [1.165, 1.54) is 25.8 Å². The Hall–Kier alpha value is -0.510. The summed E-state index contributed by atoms with van der Waals surface area (Å²) in [5, 5.41) is 0.00760. The highest BCUT2D eigenvalue weighted by Gasteiger charge is 2.22. The molecule has 0 aromatic rings. The van der Waals surface area contributed by atoms with Crippen LogP contribution >= 0.6 is 11.8 Å². The number of hydrogen-bond acceptors (Lipinski definition) is 4. The Kier molecular flexibility index (Phi) is 4.97. The summed E-state index contributed by atoms with van der Waals surface area (Å²) < 4.78 is 4.55. The van der Waals surface area contributed by atoms with Gasteiger partial charge in [-0.05, 0) is 0 Å². The average molecular weight is 190 g/mol. The van der Waals surface area contributed by atoms with Gasteiger partial charge in [-0.15, -0.1) is 0 Å². The minimum Gasteiger partial charge on any atom is -0.469 e. The lowest BCUT2D eigenvalue weighted by Gasteiger charge is -2.14. The first-order chi connectivity index (χ1) is 5.49. The average Bonchev–Trinajstić information content (AvgIpc) is 2.00. The maximum Gasteiger partial charge on any atom is 0.309 e. The summed E-state index contributed by atoms with van der Waals surface area (Å²) in [7, 11) is 1.35. The molecule has 2 unspecified atom stereocenters. The first-order valence-electron chi connectivity index (χ1n) is 3.74. The van der Waals surface area contributed by atoms with Gasteiger partial charge in [-0.1, -0.05) is 25.6 Å². The van der Waals surface area contributed by atoms with E-state index in [1.807, 2.05) is 6.92 Å². The zero-order valence-corrected chi connectivity index (χ0v) is 8.60. The summed E-state index contributed by atoms with van der Waals surface area (Å²) in [6, 6.07) is 0. The van der Waals surface area contributed by atoms with Crippen molar-refractivity contribution >= 4 is 22.8 Å². The molecule has 4 heteroatoms. The Morgan fingerprint density at radius 1 is 1.33 bits per heavy atom. The minimum atomic E-state index is -0.267. The van der Waals surface area contributed by atoms with Gasteiger partial charge in [0.05, 0.1) is 13.0 Å². The molecule has 0 aliphatic rings. The number of carbonyl (C=O) groups is 2. The van der Waals surface area contributed by atoms with Crippen LogP contribution in [0.25, 0.3) is 0 Å². The van der Waals surface area contributed by atoms with E-state index >= 15 is 0 Å². The molecule has 2 atom stereocenters. The fourth-order valence-electron chi connectivity index (χ4n) is 0.741. The van der Waals surface area contributed by atoms with Gasteiger partial charge in [-0.3, -0.25) is 9.59 Å². The fourth-order valence-corrected chi connectivity index (χ4v) is 1.58. The molecule has 0 rings (SSSR count). The smallest absolute Gasteiger partial charge is 0.309 e. The molecule has 0 aromatic carbocycles. The van der Waals surface area contributed by atoms with Gasteiger partial charge >= 0.3 is 5.97 Å². The van der Waals surface area contributed by atoms with E-state index in [0.29, 0.717) is 0 Å². The first-order valence-corrected chi connectivity index (χ1v) is 4.62. The second-order valence-corrected chi connectivity index (χ2v) is 4.18. The number of rotatable bonds is 3. The summed E-state index contributed by atoms with van der Waals surface area (Å²) in [5.41, 5.74) is 0. The number of carbonyl (C=O) groups excluding carboxylic acids is 2. The molecule has 0 heterocycles. The monoisotopic (exact) mass is 190 g/mol. The molecule has 0 aromatic heterocycles. The Bertz CT molecular complexity index is 179. The molecule has 0 amide bonds. The molecular weight excluding hydrogens is 176 g/mol. The van der Waals surface area contributed by atoms with Crippen LogP contribution in [0.15, 0.2) is 0 Å². The van der Waals surface area contributed by atoms with Crippen LogP contribution in [0.2, 0.25) is 0 Å². The second kappa shape index (κ2) is 5.19. The molecule has 0 radical (unpaired) electrons. The van der Waals surface area contributed by atoms with Gasteiger partial charge in [-0.25, -0.2) is 0 Å².